The van der Waals surface area contributed by atoms with Crippen LogP contribution in [0, 0.1) is 12.8 Å². The van der Waals surface area contributed by atoms with Gasteiger partial charge in [-0.25, -0.2) is 0 Å². The molecular weight excluding hydrogens is 328 g/mol. The van der Waals surface area contributed by atoms with Gasteiger partial charge in [-0.05, 0) is 67.4 Å². The molecule has 1 saturated heterocycles. The van der Waals surface area contributed by atoms with E-state index in [-0.39, 0.29) is 5.92 Å². The second kappa shape index (κ2) is 7.30. The summed E-state index contributed by atoms with van der Waals surface area (Å²) < 4.78 is 0. The van der Waals surface area contributed by atoms with Gasteiger partial charge in [0.1, 0.15) is 0 Å². The molecule has 0 unspecified atom stereocenters. The molecule has 4 rings (SSSR count). The molecule has 1 aromatic carbocycles. The summed E-state index contributed by atoms with van der Waals surface area (Å²) in [5, 5.41) is 2.16. The average molecular weight is 355 g/mol. The highest BCUT2D eigenvalue weighted by Gasteiger charge is 2.30. The normalized spacial score (nSPS) is 19.0. The monoisotopic (exact) mass is 354 g/mol. The molecule has 2 aliphatic rings. The summed E-state index contributed by atoms with van der Waals surface area (Å²) in [6.45, 7) is 6.97. The molecule has 1 fully saturated rings. The van der Waals surface area contributed by atoms with E-state index in [2.05, 4.69) is 52.4 Å². The molecule has 3 heterocycles. The van der Waals surface area contributed by atoms with Crippen LogP contribution in [0.4, 0.5) is 0 Å². The van der Waals surface area contributed by atoms with Gasteiger partial charge in [0.25, 0.3) is 0 Å². The van der Waals surface area contributed by atoms with E-state index in [1.807, 2.05) is 11.3 Å². The van der Waals surface area contributed by atoms with E-state index in [0.29, 0.717) is 5.91 Å². The van der Waals surface area contributed by atoms with Crippen molar-refractivity contribution in [3.63, 3.8) is 0 Å². The Morgan fingerprint density at radius 1 is 1.16 bits per heavy atom. The highest BCUT2D eigenvalue weighted by atomic mass is 32.1. The minimum absolute atomic E-state index is 0.216. The number of likely N-dealkylation sites (tertiary alicyclic amines) is 1. The van der Waals surface area contributed by atoms with E-state index < -0.39 is 0 Å². The van der Waals surface area contributed by atoms with Crippen LogP contribution in [-0.4, -0.2) is 35.3 Å². The summed E-state index contributed by atoms with van der Waals surface area (Å²) >= 11 is 1.83. The van der Waals surface area contributed by atoms with Crippen LogP contribution in [0.1, 0.15) is 34.4 Å². The van der Waals surface area contributed by atoms with Crippen molar-refractivity contribution in [1.82, 2.24) is 9.80 Å². The predicted octanol–water partition coefficient (Wildman–Crippen LogP) is 3.85. The molecule has 25 heavy (non-hydrogen) atoms. The summed E-state index contributed by atoms with van der Waals surface area (Å²) in [5.41, 5.74) is 4.13. The number of piperidine rings is 1. The maximum Gasteiger partial charge on any atom is 0.226 e. The van der Waals surface area contributed by atoms with Gasteiger partial charge in [0, 0.05) is 30.4 Å². The Hall–Kier alpha value is -1.65. The van der Waals surface area contributed by atoms with Gasteiger partial charge in [0.05, 0.1) is 0 Å². The zero-order valence-corrected chi connectivity index (χ0v) is 15.7. The highest BCUT2D eigenvalue weighted by Crippen LogP contribution is 2.27. The van der Waals surface area contributed by atoms with Gasteiger partial charge in [-0.1, -0.05) is 24.3 Å². The molecule has 0 spiro atoms. The summed E-state index contributed by atoms with van der Waals surface area (Å²) in [6.07, 6.45) is 3.03. The molecular formula is C21H26N2OS. The molecule has 0 atom stereocenters. The van der Waals surface area contributed by atoms with Crippen LogP contribution >= 0.6 is 11.3 Å². The number of fused-ring (bicyclic) bond motifs is 1. The maximum absolute atomic E-state index is 12.9. The molecule has 0 aliphatic carbocycles. The molecule has 2 aliphatic heterocycles. The summed E-state index contributed by atoms with van der Waals surface area (Å²) in [6, 6.07) is 10.8. The van der Waals surface area contributed by atoms with Crippen LogP contribution < -0.4 is 0 Å². The van der Waals surface area contributed by atoms with Gasteiger partial charge in [-0.2, -0.15) is 0 Å². The lowest BCUT2D eigenvalue weighted by Crippen LogP contribution is -2.43. The molecule has 1 aromatic heterocycles. The van der Waals surface area contributed by atoms with Crippen LogP contribution in [-0.2, 0) is 24.3 Å². The minimum Gasteiger partial charge on any atom is -0.338 e. The first-order chi connectivity index (χ1) is 12.2. The largest absolute Gasteiger partial charge is 0.338 e. The molecule has 0 saturated carbocycles. The molecule has 3 nitrogen and oxygen atoms in total. The lowest BCUT2D eigenvalue weighted by atomic mass is 9.93. The number of carbonyl (C=O) groups excluding carboxylic acids is 1. The molecule has 2 aromatic rings. The van der Waals surface area contributed by atoms with Crippen molar-refractivity contribution >= 4 is 17.2 Å². The molecule has 132 valence electrons. The number of carbonyl (C=O) groups is 1. The molecule has 0 bridgehead atoms. The van der Waals surface area contributed by atoms with Crippen LogP contribution in [0.5, 0.6) is 0 Å². The number of benzene rings is 1. The topological polar surface area (TPSA) is 23.6 Å². The van der Waals surface area contributed by atoms with Crippen LogP contribution in [0.15, 0.2) is 35.7 Å². The quantitative estimate of drug-likeness (QED) is 0.836. The number of nitrogens with zero attached hydrogens (tertiary/aromatic N) is 2. The Morgan fingerprint density at radius 3 is 2.76 bits per heavy atom. The lowest BCUT2D eigenvalue weighted by Gasteiger charge is -2.35. The van der Waals surface area contributed by atoms with E-state index in [0.717, 1.165) is 52.0 Å². The fraction of sp³-hybridized carbons (Fsp3) is 0.476. The SMILES string of the molecule is Cc1ccccc1CN1CCC(C(=O)N2CCc3sccc3C2)CC1. The van der Waals surface area contributed by atoms with Gasteiger partial charge in [-0.15, -0.1) is 11.3 Å². The van der Waals surface area contributed by atoms with Gasteiger partial charge in [0.2, 0.25) is 5.91 Å². The number of rotatable bonds is 3. The third-order valence-electron chi connectivity index (χ3n) is 5.71. The summed E-state index contributed by atoms with van der Waals surface area (Å²) in [5.74, 6) is 0.598. The summed E-state index contributed by atoms with van der Waals surface area (Å²) in [4.78, 5) is 19.0. The van der Waals surface area contributed by atoms with Gasteiger partial charge >= 0.3 is 0 Å². The Balaban J connectivity index is 1.31. The number of hydrogen-bond donors (Lipinski definition) is 0. The molecule has 0 N–H and O–H groups in total. The Morgan fingerprint density at radius 2 is 1.96 bits per heavy atom. The fourth-order valence-electron chi connectivity index (χ4n) is 4.06. The molecule has 1 amide bonds. The fourth-order valence-corrected chi connectivity index (χ4v) is 4.95. The highest BCUT2D eigenvalue weighted by molar-refractivity contribution is 7.10. The van der Waals surface area contributed by atoms with E-state index in [1.165, 1.54) is 21.6 Å². The number of aryl methyl sites for hydroxylation is 1. The standard InChI is InChI=1S/C21H26N2OS/c1-16-4-2-3-5-18(16)14-22-10-6-17(7-11-22)21(24)23-12-8-20-19(15-23)9-13-25-20/h2-5,9,13,17H,6-8,10-12,14-15H2,1H3. The Labute approximate surface area is 154 Å². The average Bonchev–Trinajstić information content (AvgIpc) is 3.11. The maximum atomic E-state index is 12.9. The predicted molar refractivity (Wildman–Crippen MR) is 103 cm³/mol. The molecule has 0 radical (unpaired) electrons. The van der Waals surface area contributed by atoms with Crippen LogP contribution in [0.2, 0.25) is 0 Å². The zero-order chi connectivity index (χ0) is 17.2. The van der Waals surface area contributed by atoms with Crippen molar-refractivity contribution in [1.29, 1.82) is 0 Å². The van der Waals surface area contributed by atoms with E-state index in [4.69, 9.17) is 0 Å². The van der Waals surface area contributed by atoms with Gasteiger partial charge in [-0.3, -0.25) is 9.69 Å². The number of hydrogen-bond acceptors (Lipinski definition) is 3. The Kier molecular flexibility index (Phi) is 4.91. The number of thiophene rings is 1. The first-order valence-corrected chi connectivity index (χ1v) is 10.2. The third kappa shape index (κ3) is 3.65. The van der Waals surface area contributed by atoms with E-state index >= 15 is 0 Å². The van der Waals surface area contributed by atoms with E-state index in [9.17, 15) is 4.79 Å². The van der Waals surface area contributed by atoms with Crippen molar-refractivity contribution in [2.24, 2.45) is 5.92 Å². The number of amides is 1. The van der Waals surface area contributed by atoms with Gasteiger partial charge < -0.3 is 4.90 Å². The molecule has 4 heteroatoms. The second-order valence-electron chi connectivity index (χ2n) is 7.36. The van der Waals surface area contributed by atoms with Crippen LogP contribution in [0.25, 0.3) is 0 Å². The van der Waals surface area contributed by atoms with Crippen molar-refractivity contribution in [3.05, 3.63) is 57.3 Å². The Bertz CT molecular complexity index is 746. The summed E-state index contributed by atoms with van der Waals surface area (Å²) in [7, 11) is 0. The van der Waals surface area contributed by atoms with Crippen molar-refractivity contribution in [3.8, 4) is 0 Å². The zero-order valence-electron chi connectivity index (χ0n) is 14.9. The van der Waals surface area contributed by atoms with Gasteiger partial charge in [0.15, 0.2) is 0 Å². The minimum atomic E-state index is 0.216. The van der Waals surface area contributed by atoms with Crippen molar-refractivity contribution in [2.75, 3.05) is 19.6 Å². The third-order valence-corrected chi connectivity index (χ3v) is 6.73. The van der Waals surface area contributed by atoms with E-state index in [1.54, 1.807) is 0 Å². The smallest absolute Gasteiger partial charge is 0.226 e. The lowest BCUT2D eigenvalue weighted by molar-refractivity contribution is -0.138. The van der Waals surface area contributed by atoms with Crippen molar-refractivity contribution < 1.29 is 4.79 Å². The first kappa shape index (κ1) is 16.8. The van der Waals surface area contributed by atoms with Crippen molar-refractivity contribution in [2.45, 2.75) is 39.3 Å². The second-order valence-corrected chi connectivity index (χ2v) is 8.36. The van der Waals surface area contributed by atoms with Crippen LogP contribution in [0.3, 0.4) is 0 Å². The first-order valence-electron chi connectivity index (χ1n) is 9.31.